The molecule has 0 heterocycles. The van der Waals surface area contributed by atoms with Crippen LogP contribution in [-0.4, -0.2) is 13.3 Å². The van der Waals surface area contributed by atoms with E-state index in [9.17, 15) is 9.18 Å². The molecule has 92 valence electrons. The maximum absolute atomic E-state index is 13.9. The number of hydrogen-bond acceptors (Lipinski definition) is 2. The zero-order chi connectivity index (χ0) is 13.1. The first kappa shape index (κ1) is 12.3. The van der Waals surface area contributed by atoms with E-state index in [1.54, 1.807) is 24.1 Å². The van der Waals surface area contributed by atoms with Gasteiger partial charge in [0.1, 0.15) is 12.1 Å². The molecule has 0 saturated carbocycles. The molecule has 0 amide bonds. The van der Waals surface area contributed by atoms with Crippen molar-refractivity contribution in [3.63, 3.8) is 0 Å². The van der Waals surface area contributed by atoms with Crippen molar-refractivity contribution in [1.82, 2.24) is 0 Å². The average molecular weight is 243 g/mol. The highest BCUT2D eigenvalue weighted by atomic mass is 19.1. The van der Waals surface area contributed by atoms with Crippen LogP contribution in [-0.2, 0) is 0 Å². The van der Waals surface area contributed by atoms with E-state index in [1.807, 2.05) is 31.2 Å². The van der Waals surface area contributed by atoms with Crippen molar-refractivity contribution >= 4 is 17.7 Å². The highest BCUT2D eigenvalue weighted by Crippen LogP contribution is 2.27. The maximum Gasteiger partial charge on any atom is 0.150 e. The van der Waals surface area contributed by atoms with Crippen LogP contribution in [0.5, 0.6) is 0 Å². The molecular formula is C15H14FNO. The van der Waals surface area contributed by atoms with Gasteiger partial charge in [-0.25, -0.2) is 4.39 Å². The summed E-state index contributed by atoms with van der Waals surface area (Å²) >= 11 is 0. The lowest BCUT2D eigenvalue weighted by atomic mass is 10.1. The van der Waals surface area contributed by atoms with E-state index in [1.165, 1.54) is 6.07 Å². The Hall–Kier alpha value is -2.16. The number of hydrogen-bond donors (Lipinski definition) is 0. The largest absolute Gasteiger partial charge is 0.342 e. The van der Waals surface area contributed by atoms with Crippen molar-refractivity contribution in [3.8, 4) is 0 Å². The molecule has 0 bridgehead atoms. The summed E-state index contributed by atoms with van der Waals surface area (Å²) in [5, 5.41) is 0. The van der Waals surface area contributed by atoms with E-state index < -0.39 is 5.82 Å². The van der Waals surface area contributed by atoms with Crippen LogP contribution in [0.2, 0.25) is 0 Å². The number of anilines is 2. The summed E-state index contributed by atoms with van der Waals surface area (Å²) < 4.78 is 13.9. The molecule has 18 heavy (non-hydrogen) atoms. The molecule has 0 aromatic heterocycles. The summed E-state index contributed by atoms with van der Waals surface area (Å²) in [6, 6.07) is 12.3. The summed E-state index contributed by atoms with van der Waals surface area (Å²) in [5.74, 6) is -0.399. The van der Waals surface area contributed by atoms with Gasteiger partial charge in [0.05, 0.1) is 5.69 Å². The van der Waals surface area contributed by atoms with Gasteiger partial charge in [0.15, 0.2) is 0 Å². The molecule has 0 fully saturated rings. The van der Waals surface area contributed by atoms with Gasteiger partial charge in [-0.3, -0.25) is 4.79 Å². The molecule has 0 saturated heterocycles. The van der Waals surface area contributed by atoms with Crippen molar-refractivity contribution < 1.29 is 9.18 Å². The smallest absolute Gasteiger partial charge is 0.150 e. The van der Waals surface area contributed by atoms with Crippen LogP contribution in [0.15, 0.2) is 42.5 Å². The molecule has 0 spiro atoms. The SMILES string of the molecule is Cc1cccc(N(C)c2ccc(C=O)cc2F)c1. The van der Waals surface area contributed by atoms with Gasteiger partial charge < -0.3 is 4.90 Å². The average Bonchev–Trinajstić information content (AvgIpc) is 2.37. The van der Waals surface area contributed by atoms with Crippen molar-refractivity contribution in [2.75, 3.05) is 11.9 Å². The lowest BCUT2D eigenvalue weighted by Gasteiger charge is -2.20. The van der Waals surface area contributed by atoms with Crippen LogP contribution >= 0.6 is 0 Å². The standard InChI is InChI=1S/C15H14FNO/c1-11-4-3-5-13(8-11)17(2)15-7-6-12(10-18)9-14(15)16/h3-10H,1-2H3. The fourth-order valence-corrected chi connectivity index (χ4v) is 1.84. The Labute approximate surface area is 106 Å². The van der Waals surface area contributed by atoms with Gasteiger partial charge in [-0.1, -0.05) is 12.1 Å². The number of benzene rings is 2. The first-order chi connectivity index (χ1) is 8.61. The van der Waals surface area contributed by atoms with E-state index in [-0.39, 0.29) is 0 Å². The quantitative estimate of drug-likeness (QED) is 0.766. The highest BCUT2D eigenvalue weighted by Gasteiger charge is 2.10. The third-order valence-corrected chi connectivity index (χ3v) is 2.86. The van der Waals surface area contributed by atoms with Gasteiger partial charge in [-0.05, 0) is 42.8 Å². The number of aryl methyl sites for hydroxylation is 1. The van der Waals surface area contributed by atoms with Crippen LogP contribution in [0.4, 0.5) is 15.8 Å². The molecule has 2 aromatic carbocycles. The van der Waals surface area contributed by atoms with Gasteiger partial charge in [-0.2, -0.15) is 0 Å². The molecule has 3 heteroatoms. The Kier molecular flexibility index (Phi) is 3.42. The summed E-state index contributed by atoms with van der Waals surface area (Å²) in [4.78, 5) is 12.3. The Morgan fingerprint density at radius 2 is 1.94 bits per heavy atom. The molecule has 0 aliphatic heterocycles. The van der Waals surface area contributed by atoms with Crippen LogP contribution in [0.3, 0.4) is 0 Å². The Balaban J connectivity index is 2.39. The molecule has 2 nitrogen and oxygen atoms in total. The number of halogens is 1. The number of nitrogens with zero attached hydrogens (tertiary/aromatic N) is 1. The van der Waals surface area contributed by atoms with Gasteiger partial charge >= 0.3 is 0 Å². The van der Waals surface area contributed by atoms with E-state index in [4.69, 9.17) is 0 Å². The summed E-state index contributed by atoms with van der Waals surface area (Å²) in [7, 11) is 1.80. The zero-order valence-electron chi connectivity index (χ0n) is 10.4. The van der Waals surface area contributed by atoms with E-state index in [0.717, 1.165) is 11.3 Å². The third kappa shape index (κ3) is 2.40. The molecule has 0 aliphatic carbocycles. The second-order valence-electron chi connectivity index (χ2n) is 4.23. The monoisotopic (exact) mass is 243 g/mol. The normalized spacial score (nSPS) is 10.2. The van der Waals surface area contributed by atoms with Crippen molar-refractivity contribution in [1.29, 1.82) is 0 Å². The molecule has 0 aliphatic rings. The second kappa shape index (κ2) is 5.00. The highest BCUT2D eigenvalue weighted by molar-refractivity contribution is 5.76. The zero-order valence-corrected chi connectivity index (χ0v) is 10.4. The lowest BCUT2D eigenvalue weighted by molar-refractivity contribution is 0.112. The van der Waals surface area contributed by atoms with Crippen molar-refractivity contribution in [2.45, 2.75) is 6.92 Å². The van der Waals surface area contributed by atoms with Gasteiger partial charge in [0.25, 0.3) is 0 Å². The fraction of sp³-hybridized carbons (Fsp3) is 0.133. The van der Waals surface area contributed by atoms with Crippen LogP contribution in [0.1, 0.15) is 15.9 Å². The lowest BCUT2D eigenvalue weighted by Crippen LogP contribution is -2.11. The minimum atomic E-state index is -0.399. The molecular weight excluding hydrogens is 229 g/mol. The summed E-state index contributed by atoms with van der Waals surface area (Å²) in [5.41, 5.74) is 2.82. The van der Waals surface area contributed by atoms with E-state index in [0.29, 0.717) is 17.5 Å². The van der Waals surface area contributed by atoms with Crippen LogP contribution in [0.25, 0.3) is 0 Å². The number of aldehydes is 1. The molecule has 0 atom stereocenters. The Bertz CT molecular complexity index is 580. The first-order valence-electron chi connectivity index (χ1n) is 5.67. The summed E-state index contributed by atoms with van der Waals surface area (Å²) in [6.45, 7) is 1.99. The Morgan fingerprint density at radius 3 is 2.56 bits per heavy atom. The summed E-state index contributed by atoms with van der Waals surface area (Å²) in [6.07, 6.45) is 0.638. The van der Waals surface area contributed by atoms with Gasteiger partial charge in [0.2, 0.25) is 0 Å². The second-order valence-corrected chi connectivity index (χ2v) is 4.23. The van der Waals surface area contributed by atoms with Crippen LogP contribution < -0.4 is 4.90 Å². The number of carbonyl (C=O) groups excluding carboxylic acids is 1. The molecule has 0 radical (unpaired) electrons. The minimum Gasteiger partial charge on any atom is -0.342 e. The molecule has 2 aromatic rings. The van der Waals surface area contributed by atoms with Crippen LogP contribution in [0, 0.1) is 12.7 Å². The van der Waals surface area contributed by atoms with Crippen molar-refractivity contribution in [3.05, 3.63) is 59.4 Å². The van der Waals surface area contributed by atoms with E-state index >= 15 is 0 Å². The van der Waals surface area contributed by atoms with Gasteiger partial charge in [0, 0.05) is 18.3 Å². The predicted octanol–water partition coefficient (Wildman–Crippen LogP) is 3.71. The van der Waals surface area contributed by atoms with E-state index in [2.05, 4.69) is 0 Å². The maximum atomic E-state index is 13.9. The number of rotatable bonds is 3. The van der Waals surface area contributed by atoms with Crippen molar-refractivity contribution in [2.24, 2.45) is 0 Å². The Morgan fingerprint density at radius 1 is 1.17 bits per heavy atom. The first-order valence-corrected chi connectivity index (χ1v) is 5.67. The van der Waals surface area contributed by atoms with Gasteiger partial charge in [-0.15, -0.1) is 0 Å². The molecule has 0 unspecified atom stereocenters. The molecule has 0 N–H and O–H groups in total. The topological polar surface area (TPSA) is 20.3 Å². The third-order valence-electron chi connectivity index (χ3n) is 2.86. The molecule has 2 rings (SSSR count). The number of carbonyl (C=O) groups is 1. The minimum absolute atomic E-state index is 0.342. The fourth-order valence-electron chi connectivity index (χ4n) is 1.84. The predicted molar refractivity (Wildman–Crippen MR) is 71.0 cm³/mol.